The molecule has 5 heteroatoms. The number of carbonyl (C=O) groups excluding carboxylic acids is 1. The molecule has 0 spiro atoms. The van der Waals surface area contributed by atoms with Crippen LogP contribution in [0, 0.1) is 0 Å². The Morgan fingerprint density at radius 1 is 1.24 bits per heavy atom. The Labute approximate surface area is 131 Å². The summed E-state index contributed by atoms with van der Waals surface area (Å²) in [6.07, 6.45) is 6.44. The summed E-state index contributed by atoms with van der Waals surface area (Å²) in [5.74, 6) is 0.634. The molecule has 1 saturated carbocycles. The van der Waals surface area contributed by atoms with Gasteiger partial charge in [0.25, 0.3) is 5.91 Å². The van der Waals surface area contributed by atoms with Gasteiger partial charge in [0.1, 0.15) is 5.75 Å². The molecule has 0 bridgehead atoms. The highest BCUT2D eigenvalue weighted by molar-refractivity contribution is 7.80. The molecular formula is C16H22N2O2S. The van der Waals surface area contributed by atoms with Crippen molar-refractivity contribution in [2.75, 3.05) is 6.61 Å². The summed E-state index contributed by atoms with van der Waals surface area (Å²) < 4.78 is 5.49. The maximum atomic E-state index is 11.8. The molecule has 2 rings (SSSR count). The maximum absolute atomic E-state index is 11.8. The third kappa shape index (κ3) is 5.71. The highest BCUT2D eigenvalue weighted by Crippen LogP contribution is 2.17. The first-order valence-electron chi connectivity index (χ1n) is 7.43. The van der Waals surface area contributed by atoms with Crippen LogP contribution in [-0.2, 0) is 11.2 Å². The average Bonchev–Trinajstić information content (AvgIpc) is 2.47. The smallest absolute Gasteiger partial charge is 0.258 e. The lowest BCUT2D eigenvalue weighted by Gasteiger charge is -2.22. The molecule has 1 fully saturated rings. The zero-order valence-electron chi connectivity index (χ0n) is 12.1. The molecule has 0 heterocycles. The number of nitrogens with two attached hydrogens (primary N) is 1. The molecule has 1 amide bonds. The fourth-order valence-electron chi connectivity index (χ4n) is 2.57. The predicted octanol–water partition coefficient (Wildman–Crippen LogP) is 2.34. The Morgan fingerprint density at radius 2 is 1.90 bits per heavy atom. The number of rotatable bonds is 6. The van der Waals surface area contributed by atoms with Gasteiger partial charge in [-0.3, -0.25) is 4.79 Å². The van der Waals surface area contributed by atoms with Gasteiger partial charge in [-0.25, -0.2) is 0 Å². The van der Waals surface area contributed by atoms with Crippen molar-refractivity contribution in [1.29, 1.82) is 0 Å². The SMILES string of the molecule is NC(=S)Cc1ccc(OCC(=O)NC2CCCCC2)cc1. The van der Waals surface area contributed by atoms with Crippen LogP contribution in [0.5, 0.6) is 5.75 Å². The van der Waals surface area contributed by atoms with Gasteiger partial charge in [0.05, 0.1) is 4.99 Å². The first kappa shape index (κ1) is 15.8. The van der Waals surface area contributed by atoms with E-state index < -0.39 is 0 Å². The van der Waals surface area contributed by atoms with Gasteiger partial charge >= 0.3 is 0 Å². The fraction of sp³-hybridized carbons (Fsp3) is 0.500. The first-order chi connectivity index (χ1) is 10.1. The Balaban J connectivity index is 1.74. The van der Waals surface area contributed by atoms with Gasteiger partial charge in [-0.1, -0.05) is 43.6 Å². The van der Waals surface area contributed by atoms with E-state index in [9.17, 15) is 4.79 Å². The van der Waals surface area contributed by atoms with Gasteiger partial charge in [0.15, 0.2) is 6.61 Å². The highest BCUT2D eigenvalue weighted by Gasteiger charge is 2.15. The first-order valence-corrected chi connectivity index (χ1v) is 7.84. The molecule has 0 saturated heterocycles. The zero-order valence-corrected chi connectivity index (χ0v) is 13.0. The van der Waals surface area contributed by atoms with Crippen molar-refractivity contribution in [3.63, 3.8) is 0 Å². The second kappa shape index (κ2) is 7.98. The van der Waals surface area contributed by atoms with Gasteiger partial charge in [0, 0.05) is 12.5 Å². The molecule has 0 aliphatic heterocycles. The number of hydrogen-bond donors (Lipinski definition) is 2. The Kier molecular flexibility index (Phi) is 5.99. The summed E-state index contributed by atoms with van der Waals surface area (Å²) in [5.41, 5.74) is 6.54. The van der Waals surface area contributed by atoms with Crippen molar-refractivity contribution < 1.29 is 9.53 Å². The van der Waals surface area contributed by atoms with Crippen molar-refractivity contribution in [2.24, 2.45) is 5.73 Å². The Morgan fingerprint density at radius 3 is 2.52 bits per heavy atom. The number of ether oxygens (including phenoxy) is 1. The molecule has 4 nitrogen and oxygen atoms in total. The monoisotopic (exact) mass is 306 g/mol. The minimum atomic E-state index is -0.0471. The number of thiocarbonyl (C=S) groups is 1. The normalized spacial score (nSPS) is 15.4. The summed E-state index contributed by atoms with van der Waals surface area (Å²) in [7, 11) is 0. The minimum Gasteiger partial charge on any atom is -0.484 e. The standard InChI is InChI=1S/C16H22N2O2S/c17-15(21)10-12-6-8-14(9-7-12)20-11-16(19)18-13-4-2-1-3-5-13/h6-9,13H,1-5,10-11H2,(H2,17,21)(H,18,19). The fourth-order valence-corrected chi connectivity index (χ4v) is 2.74. The van der Waals surface area contributed by atoms with Gasteiger partial charge in [-0.2, -0.15) is 0 Å². The van der Waals surface area contributed by atoms with E-state index in [0.717, 1.165) is 18.4 Å². The third-order valence-corrected chi connectivity index (χ3v) is 3.79. The van der Waals surface area contributed by atoms with Crippen molar-refractivity contribution in [1.82, 2.24) is 5.32 Å². The van der Waals surface area contributed by atoms with E-state index >= 15 is 0 Å². The van der Waals surface area contributed by atoms with Crippen molar-refractivity contribution in [2.45, 2.75) is 44.6 Å². The molecule has 114 valence electrons. The lowest BCUT2D eigenvalue weighted by atomic mass is 9.95. The summed E-state index contributed by atoms with van der Waals surface area (Å²) in [6, 6.07) is 7.81. The Hall–Kier alpha value is -1.62. The maximum Gasteiger partial charge on any atom is 0.258 e. The van der Waals surface area contributed by atoms with Gasteiger partial charge in [-0.15, -0.1) is 0 Å². The topological polar surface area (TPSA) is 64.3 Å². The van der Waals surface area contributed by atoms with Crippen LogP contribution in [0.1, 0.15) is 37.7 Å². The molecule has 0 aromatic heterocycles. The van der Waals surface area contributed by atoms with Crippen LogP contribution >= 0.6 is 12.2 Å². The highest BCUT2D eigenvalue weighted by atomic mass is 32.1. The largest absolute Gasteiger partial charge is 0.484 e. The number of hydrogen-bond acceptors (Lipinski definition) is 3. The van der Waals surface area contributed by atoms with Crippen LogP contribution in [0.3, 0.4) is 0 Å². The van der Waals surface area contributed by atoms with Crippen LogP contribution in [0.25, 0.3) is 0 Å². The van der Waals surface area contributed by atoms with E-state index in [0.29, 0.717) is 23.2 Å². The number of benzene rings is 1. The summed E-state index contributed by atoms with van der Waals surface area (Å²) >= 11 is 4.87. The van der Waals surface area contributed by atoms with Gasteiger partial charge in [-0.05, 0) is 30.5 Å². The van der Waals surface area contributed by atoms with E-state index in [1.54, 1.807) is 0 Å². The molecular weight excluding hydrogens is 284 g/mol. The van der Waals surface area contributed by atoms with E-state index in [2.05, 4.69) is 5.32 Å². The van der Waals surface area contributed by atoms with Crippen molar-refractivity contribution in [3.05, 3.63) is 29.8 Å². The van der Waals surface area contributed by atoms with E-state index in [-0.39, 0.29) is 12.5 Å². The molecule has 3 N–H and O–H groups in total. The third-order valence-electron chi connectivity index (χ3n) is 3.64. The predicted molar refractivity (Wildman–Crippen MR) is 87.4 cm³/mol. The van der Waals surface area contributed by atoms with Crippen LogP contribution in [0.4, 0.5) is 0 Å². The molecule has 0 atom stereocenters. The average molecular weight is 306 g/mol. The molecule has 1 aromatic rings. The summed E-state index contributed by atoms with van der Waals surface area (Å²) in [6.45, 7) is 0.0607. The van der Waals surface area contributed by atoms with Crippen LogP contribution in [0.15, 0.2) is 24.3 Å². The lowest BCUT2D eigenvalue weighted by Crippen LogP contribution is -2.38. The molecule has 0 unspecified atom stereocenters. The number of carbonyl (C=O) groups is 1. The molecule has 0 radical (unpaired) electrons. The Bertz CT molecular complexity index is 482. The quantitative estimate of drug-likeness (QED) is 0.792. The van der Waals surface area contributed by atoms with Crippen molar-refractivity contribution in [3.8, 4) is 5.75 Å². The molecule has 1 aliphatic carbocycles. The second-order valence-electron chi connectivity index (χ2n) is 5.48. The number of amides is 1. The van der Waals surface area contributed by atoms with Crippen LogP contribution in [0.2, 0.25) is 0 Å². The van der Waals surface area contributed by atoms with Crippen LogP contribution in [-0.4, -0.2) is 23.5 Å². The van der Waals surface area contributed by atoms with Gasteiger partial charge < -0.3 is 15.8 Å². The van der Waals surface area contributed by atoms with E-state index in [4.69, 9.17) is 22.7 Å². The summed E-state index contributed by atoms with van der Waals surface area (Å²) in [5, 5.41) is 3.03. The molecule has 1 aromatic carbocycles. The zero-order chi connectivity index (χ0) is 15.1. The van der Waals surface area contributed by atoms with Crippen LogP contribution < -0.4 is 15.8 Å². The van der Waals surface area contributed by atoms with E-state index in [1.807, 2.05) is 24.3 Å². The number of nitrogens with one attached hydrogen (secondary N) is 1. The van der Waals surface area contributed by atoms with E-state index in [1.165, 1.54) is 19.3 Å². The minimum absolute atomic E-state index is 0.0471. The molecule has 21 heavy (non-hydrogen) atoms. The van der Waals surface area contributed by atoms with Crippen molar-refractivity contribution >= 4 is 23.1 Å². The lowest BCUT2D eigenvalue weighted by molar-refractivity contribution is -0.124. The second-order valence-corrected chi connectivity index (χ2v) is 6.00. The summed E-state index contributed by atoms with van der Waals surface area (Å²) in [4.78, 5) is 12.3. The van der Waals surface area contributed by atoms with Gasteiger partial charge in [0.2, 0.25) is 0 Å². The molecule has 1 aliphatic rings.